The Morgan fingerprint density at radius 3 is 2.41 bits per heavy atom. The highest BCUT2D eigenvalue weighted by molar-refractivity contribution is 6.46. The molecule has 2 aromatic carbocycles. The van der Waals surface area contributed by atoms with Crippen LogP contribution >= 0.6 is 0 Å². The third-order valence-corrected chi connectivity index (χ3v) is 5.59. The monoisotopic (exact) mass is 437 g/mol. The van der Waals surface area contributed by atoms with Gasteiger partial charge >= 0.3 is 0 Å². The van der Waals surface area contributed by atoms with Crippen LogP contribution < -0.4 is 9.47 Å². The van der Waals surface area contributed by atoms with E-state index in [2.05, 4.69) is 0 Å². The van der Waals surface area contributed by atoms with Gasteiger partial charge in [0.1, 0.15) is 17.3 Å². The summed E-state index contributed by atoms with van der Waals surface area (Å²) in [5, 5.41) is 11.4. The second-order valence-electron chi connectivity index (χ2n) is 7.73. The Bertz CT molecular complexity index is 1030. The van der Waals surface area contributed by atoms with Crippen molar-refractivity contribution in [2.24, 2.45) is 0 Å². The number of ether oxygens (including phenoxy) is 2. The third-order valence-electron chi connectivity index (χ3n) is 5.59. The number of aliphatic hydroxyl groups excluding tert-OH is 1. The first-order valence-corrected chi connectivity index (χ1v) is 11.2. The number of hydrogen-bond donors (Lipinski definition) is 1. The van der Waals surface area contributed by atoms with E-state index in [0.29, 0.717) is 36.8 Å². The molecule has 3 rings (SSSR count). The smallest absolute Gasteiger partial charge is 0.295 e. The lowest BCUT2D eigenvalue weighted by atomic mass is 9.92. The maximum Gasteiger partial charge on any atom is 0.295 e. The van der Waals surface area contributed by atoms with E-state index < -0.39 is 17.7 Å². The lowest BCUT2D eigenvalue weighted by molar-refractivity contribution is -0.139. The van der Waals surface area contributed by atoms with Crippen molar-refractivity contribution in [1.29, 1.82) is 0 Å². The van der Waals surface area contributed by atoms with Gasteiger partial charge < -0.3 is 19.5 Å². The molecule has 6 heteroatoms. The fourth-order valence-corrected chi connectivity index (χ4v) is 4.03. The zero-order valence-electron chi connectivity index (χ0n) is 19.2. The van der Waals surface area contributed by atoms with Crippen LogP contribution in [0.5, 0.6) is 11.5 Å². The molecule has 32 heavy (non-hydrogen) atoms. The summed E-state index contributed by atoms with van der Waals surface area (Å²) in [5.74, 6) is -0.493. The molecule has 1 fully saturated rings. The number of nitrogens with zero attached hydrogens (tertiary/aromatic N) is 1. The van der Waals surface area contributed by atoms with Crippen LogP contribution in [0, 0.1) is 6.92 Å². The summed E-state index contributed by atoms with van der Waals surface area (Å²) >= 11 is 0. The first kappa shape index (κ1) is 23.4. The highest BCUT2D eigenvalue weighted by Gasteiger charge is 2.46. The van der Waals surface area contributed by atoms with Crippen molar-refractivity contribution >= 4 is 17.4 Å². The number of unbranched alkanes of at least 4 members (excludes halogenated alkanes) is 1. The van der Waals surface area contributed by atoms with Crippen LogP contribution in [0.1, 0.15) is 56.3 Å². The standard InChI is InChI=1S/C26H31NO5/c1-5-8-15-27-23(19-12-10-9-11-17(19)4)22(25(29)26(27)30)24(28)20-14-13-18(31-6-2)16-21(20)32-7-3/h9-14,16,23,28H,5-8,15H2,1-4H3/b24-22+. The molecule has 1 heterocycles. The average molecular weight is 438 g/mol. The minimum atomic E-state index is -0.678. The van der Waals surface area contributed by atoms with Crippen LogP contribution in [0.3, 0.4) is 0 Å². The Morgan fingerprint density at radius 1 is 1.03 bits per heavy atom. The normalized spacial score (nSPS) is 17.6. The van der Waals surface area contributed by atoms with Gasteiger partial charge in [-0.1, -0.05) is 37.6 Å². The quantitative estimate of drug-likeness (QED) is 0.339. The van der Waals surface area contributed by atoms with E-state index in [-0.39, 0.29) is 11.3 Å². The maximum absolute atomic E-state index is 13.2. The first-order valence-electron chi connectivity index (χ1n) is 11.2. The third kappa shape index (κ3) is 4.49. The number of amides is 1. The number of rotatable bonds is 9. The molecule has 1 aliphatic rings. The molecule has 1 N–H and O–H groups in total. The Labute approximate surface area is 189 Å². The van der Waals surface area contributed by atoms with Crippen LogP contribution in [0.15, 0.2) is 48.0 Å². The number of Topliss-reactive ketones (excluding diaryl/α,β-unsaturated/α-hetero) is 1. The number of benzene rings is 2. The van der Waals surface area contributed by atoms with Crippen LogP contribution in [-0.4, -0.2) is 41.5 Å². The van der Waals surface area contributed by atoms with Crippen molar-refractivity contribution in [3.8, 4) is 11.5 Å². The summed E-state index contributed by atoms with van der Waals surface area (Å²) in [6.45, 7) is 9.01. The molecule has 2 aromatic rings. The van der Waals surface area contributed by atoms with Crippen LogP contribution in [0.25, 0.3) is 5.76 Å². The van der Waals surface area contributed by atoms with E-state index in [1.54, 1.807) is 23.1 Å². The van der Waals surface area contributed by atoms with Crippen molar-refractivity contribution < 1.29 is 24.2 Å². The molecule has 6 nitrogen and oxygen atoms in total. The van der Waals surface area contributed by atoms with Crippen molar-refractivity contribution in [3.05, 3.63) is 64.7 Å². The molecule has 0 aliphatic carbocycles. The van der Waals surface area contributed by atoms with Gasteiger partial charge in [-0.25, -0.2) is 0 Å². The Kier molecular flexibility index (Phi) is 7.57. The summed E-state index contributed by atoms with van der Waals surface area (Å²) < 4.78 is 11.3. The zero-order valence-corrected chi connectivity index (χ0v) is 19.2. The summed E-state index contributed by atoms with van der Waals surface area (Å²) in [7, 11) is 0. The zero-order chi connectivity index (χ0) is 23.3. The molecule has 0 spiro atoms. The number of ketones is 1. The van der Waals surface area contributed by atoms with Gasteiger partial charge in [-0.15, -0.1) is 0 Å². The summed E-state index contributed by atoms with van der Waals surface area (Å²) in [5.41, 5.74) is 2.23. The lowest BCUT2D eigenvalue weighted by Crippen LogP contribution is -2.30. The van der Waals surface area contributed by atoms with Crippen molar-refractivity contribution in [2.75, 3.05) is 19.8 Å². The topological polar surface area (TPSA) is 76.1 Å². The minimum absolute atomic E-state index is 0.0884. The van der Waals surface area contributed by atoms with Crippen molar-refractivity contribution in [3.63, 3.8) is 0 Å². The summed E-state index contributed by atoms with van der Waals surface area (Å²) in [4.78, 5) is 27.7. The predicted octanol–water partition coefficient (Wildman–Crippen LogP) is 5.01. The van der Waals surface area contributed by atoms with Gasteiger partial charge in [0, 0.05) is 12.6 Å². The Balaban J connectivity index is 2.21. The number of aryl methyl sites for hydroxylation is 1. The van der Waals surface area contributed by atoms with E-state index in [0.717, 1.165) is 24.0 Å². The minimum Gasteiger partial charge on any atom is -0.507 e. The van der Waals surface area contributed by atoms with Crippen LogP contribution in [-0.2, 0) is 9.59 Å². The SMILES string of the molecule is CCCCN1C(=O)C(=O)/C(=C(/O)c2ccc(OCC)cc2OCC)C1c1ccccc1C. The van der Waals surface area contributed by atoms with E-state index in [9.17, 15) is 14.7 Å². The van der Waals surface area contributed by atoms with Gasteiger partial charge in [0.25, 0.3) is 11.7 Å². The van der Waals surface area contributed by atoms with E-state index in [1.165, 1.54) is 0 Å². The van der Waals surface area contributed by atoms with Gasteiger partial charge in [-0.2, -0.15) is 0 Å². The Morgan fingerprint density at radius 2 is 1.75 bits per heavy atom. The second kappa shape index (κ2) is 10.4. The molecule has 0 radical (unpaired) electrons. The molecular formula is C26H31NO5. The molecule has 1 aliphatic heterocycles. The molecule has 1 amide bonds. The lowest BCUT2D eigenvalue weighted by Gasteiger charge is -2.26. The number of hydrogen-bond acceptors (Lipinski definition) is 5. The van der Waals surface area contributed by atoms with Gasteiger partial charge in [-0.05, 0) is 50.5 Å². The Hall–Kier alpha value is -3.28. The average Bonchev–Trinajstić information content (AvgIpc) is 3.03. The molecule has 1 atom stereocenters. The molecule has 1 unspecified atom stereocenters. The van der Waals surface area contributed by atoms with E-state index in [1.807, 2.05) is 52.0 Å². The van der Waals surface area contributed by atoms with Gasteiger partial charge in [-0.3, -0.25) is 9.59 Å². The number of aliphatic hydroxyl groups is 1. The fraction of sp³-hybridized carbons (Fsp3) is 0.385. The summed E-state index contributed by atoms with van der Waals surface area (Å²) in [6.07, 6.45) is 1.65. The van der Waals surface area contributed by atoms with Crippen LogP contribution in [0.2, 0.25) is 0 Å². The largest absolute Gasteiger partial charge is 0.507 e. The molecule has 0 saturated carbocycles. The predicted molar refractivity (Wildman–Crippen MR) is 124 cm³/mol. The number of likely N-dealkylation sites (tertiary alicyclic amines) is 1. The van der Waals surface area contributed by atoms with E-state index >= 15 is 0 Å². The molecule has 170 valence electrons. The van der Waals surface area contributed by atoms with E-state index in [4.69, 9.17) is 9.47 Å². The number of carbonyl (C=O) groups excluding carboxylic acids is 2. The fourth-order valence-electron chi connectivity index (χ4n) is 4.03. The van der Waals surface area contributed by atoms with Gasteiger partial charge in [0.15, 0.2) is 0 Å². The summed E-state index contributed by atoms with van der Waals surface area (Å²) in [6, 6.07) is 12.1. The maximum atomic E-state index is 13.2. The highest BCUT2D eigenvalue weighted by atomic mass is 16.5. The molecule has 0 aromatic heterocycles. The highest BCUT2D eigenvalue weighted by Crippen LogP contribution is 2.42. The number of carbonyl (C=O) groups is 2. The van der Waals surface area contributed by atoms with Gasteiger partial charge in [0.2, 0.25) is 0 Å². The van der Waals surface area contributed by atoms with Crippen molar-refractivity contribution in [1.82, 2.24) is 4.90 Å². The molecular weight excluding hydrogens is 406 g/mol. The first-order chi connectivity index (χ1) is 15.4. The molecule has 0 bridgehead atoms. The van der Waals surface area contributed by atoms with Crippen LogP contribution in [0.4, 0.5) is 0 Å². The van der Waals surface area contributed by atoms with Gasteiger partial charge in [0.05, 0.1) is 30.4 Å². The van der Waals surface area contributed by atoms with Crippen molar-refractivity contribution in [2.45, 2.75) is 46.6 Å². The second-order valence-corrected chi connectivity index (χ2v) is 7.73. The molecule has 1 saturated heterocycles.